The van der Waals surface area contributed by atoms with E-state index in [1.165, 1.54) is 0 Å². The number of nitrogens with one attached hydrogen (secondary N) is 2. The molecule has 1 saturated heterocycles. The topological polar surface area (TPSA) is 99.2 Å². The number of carbonyl (C=O) groups excluding carboxylic acids is 1. The first kappa shape index (κ1) is 20.7. The van der Waals surface area contributed by atoms with Gasteiger partial charge in [-0.25, -0.2) is 4.98 Å². The van der Waals surface area contributed by atoms with E-state index >= 15 is 0 Å². The minimum Gasteiger partial charge on any atom is -0.338 e. The summed E-state index contributed by atoms with van der Waals surface area (Å²) < 4.78 is 0. The lowest BCUT2D eigenvalue weighted by Gasteiger charge is -2.32. The molecule has 1 amide bonds. The predicted molar refractivity (Wildman–Crippen MR) is 121 cm³/mol. The Morgan fingerprint density at radius 1 is 1.00 bits per heavy atom. The third-order valence-electron chi connectivity index (χ3n) is 5.09. The van der Waals surface area contributed by atoms with Crippen LogP contribution in [-0.4, -0.2) is 64.0 Å². The van der Waals surface area contributed by atoms with Crippen LogP contribution in [0.5, 0.6) is 0 Å². The number of piperazine rings is 1. The lowest BCUT2D eigenvalue weighted by Crippen LogP contribution is -2.45. The molecular weight excluding hydrogens is 392 g/mol. The highest BCUT2D eigenvalue weighted by Crippen LogP contribution is 2.20. The fourth-order valence-electron chi connectivity index (χ4n) is 3.28. The van der Waals surface area contributed by atoms with Crippen molar-refractivity contribution in [2.45, 2.75) is 13.3 Å². The predicted octanol–water partition coefficient (Wildman–Crippen LogP) is 2.58. The Morgan fingerprint density at radius 3 is 2.52 bits per heavy atom. The van der Waals surface area contributed by atoms with Crippen LogP contribution in [0.4, 0.5) is 23.4 Å². The molecule has 1 fully saturated rings. The smallest absolute Gasteiger partial charge is 0.259 e. The fourth-order valence-corrected chi connectivity index (χ4v) is 3.28. The summed E-state index contributed by atoms with van der Waals surface area (Å²) in [5.41, 5.74) is 1.12. The van der Waals surface area contributed by atoms with E-state index in [-0.39, 0.29) is 5.91 Å². The van der Waals surface area contributed by atoms with E-state index in [9.17, 15) is 4.79 Å². The summed E-state index contributed by atoms with van der Waals surface area (Å²) in [4.78, 5) is 35.3. The van der Waals surface area contributed by atoms with Gasteiger partial charge in [0.05, 0.1) is 5.56 Å². The number of rotatable bonds is 6. The fraction of sp³-hybridized carbons (Fsp3) is 0.318. The first-order chi connectivity index (χ1) is 15.1. The average molecular weight is 419 g/mol. The molecule has 160 valence electrons. The lowest BCUT2D eigenvalue weighted by molar-refractivity contribution is 0.102. The summed E-state index contributed by atoms with van der Waals surface area (Å²) in [7, 11) is 2.11. The number of likely N-dealkylation sites (N-methyl/N-ethyl adjacent to an activating group) is 1. The van der Waals surface area contributed by atoms with Gasteiger partial charge in [-0.1, -0.05) is 25.1 Å². The van der Waals surface area contributed by atoms with Crippen molar-refractivity contribution < 1.29 is 4.79 Å². The number of hydrogen-bond acceptors (Lipinski definition) is 8. The Balaban J connectivity index is 1.58. The molecule has 9 nitrogen and oxygen atoms in total. The van der Waals surface area contributed by atoms with Crippen LogP contribution in [0.2, 0.25) is 0 Å². The molecule has 0 unspecified atom stereocenters. The van der Waals surface area contributed by atoms with Gasteiger partial charge in [-0.05, 0) is 31.3 Å². The Kier molecular flexibility index (Phi) is 6.32. The van der Waals surface area contributed by atoms with Crippen LogP contribution in [0.25, 0.3) is 0 Å². The number of carbonyl (C=O) groups is 1. The van der Waals surface area contributed by atoms with Crippen molar-refractivity contribution in [2.75, 3.05) is 48.8 Å². The summed E-state index contributed by atoms with van der Waals surface area (Å²) in [6, 6.07) is 12.8. The van der Waals surface area contributed by atoms with Gasteiger partial charge in [0.15, 0.2) is 0 Å². The Bertz CT molecular complexity index is 1030. The van der Waals surface area contributed by atoms with Crippen molar-refractivity contribution in [3.63, 3.8) is 0 Å². The number of anilines is 4. The van der Waals surface area contributed by atoms with E-state index in [1.807, 2.05) is 37.3 Å². The van der Waals surface area contributed by atoms with Crippen molar-refractivity contribution in [1.82, 2.24) is 24.8 Å². The van der Waals surface area contributed by atoms with E-state index in [2.05, 4.69) is 47.4 Å². The van der Waals surface area contributed by atoms with Crippen LogP contribution in [0.3, 0.4) is 0 Å². The van der Waals surface area contributed by atoms with Crippen molar-refractivity contribution in [3.8, 4) is 0 Å². The van der Waals surface area contributed by atoms with Gasteiger partial charge in [0.25, 0.3) is 5.91 Å². The molecule has 2 N–H and O–H groups in total. The molecule has 0 spiro atoms. The molecule has 3 heterocycles. The van der Waals surface area contributed by atoms with E-state index < -0.39 is 0 Å². The maximum absolute atomic E-state index is 12.8. The first-order valence-corrected chi connectivity index (χ1v) is 10.4. The highest BCUT2D eigenvalue weighted by molar-refractivity contribution is 6.07. The van der Waals surface area contributed by atoms with E-state index in [0.717, 1.165) is 26.2 Å². The zero-order valence-corrected chi connectivity index (χ0v) is 17.7. The number of hydrogen-bond donors (Lipinski definition) is 2. The van der Waals surface area contributed by atoms with Crippen LogP contribution < -0.4 is 15.5 Å². The molecule has 3 aromatic rings. The summed E-state index contributed by atoms with van der Waals surface area (Å²) in [5.74, 6) is 1.86. The third-order valence-corrected chi connectivity index (χ3v) is 5.09. The van der Waals surface area contributed by atoms with Crippen molar-refractivity contribution in [2.24, 2.45) is 0 Å². The molecule has 0 saturated carbocycles. The number of nitrogens with zero attached hydrogens (tertiary/aromatic N) is 6. The van der Waals surface area contributed by atoms with E-state index in [4.69, 9.17) is 0 Å². The molecule has 0 aliphatic carbocycles. The van der Waals surface area contributed by atoms with Gasteiger partial charge >= 0.3 is 0 Å². The van der Waals surface area contributed by atoms with Crippen LogP contribution in [0.1, 0.15) is 23.1 Å². The molecule has 0 atom stereocenters. The monoisotopic (exact) mass is 418 g/mol. The largest absolute Gasteiger partial charge is 0.338 e. The lowest BCUT2D eigenvalue weighted by atomic mass is 10.2. The van der Waals surface area contributed by atoms with E-state index in [1.54, 1.807) is 18.3 Å². The Labute approximate surface area is 181 Å². The van der Waals surface area contributed by atoms with Crippen LogP contribution in [0.15, 0.2) is 48.7 Å². The highest BCUT2D eigenvalue weighted by Gasteiger charge is 2.19. The average Bonchev–Trinajstić information content (AvgIpc) is 2.80. The van der Waals surface area contributed by atoms with Gasteiger partial charge in [0.2, 0.25) is 11.9 Å². The maximum Gasteiger partial charge on any atom is 0.259 e. The number of para-hydroxylation sites is 1. The quantitative estimate of drug-likeness (QED) is 0.630. The SMILES string of the molecule is CCc1nc(Nc2ncccc2C(=O)Nc2ccccc2)nc(N2CCN(C)CC2)n1. The second-order valence-corrected chi connectivity index (χ2v) is 7.36. The number of aryl methyl sites for hydroxylation is 1. The third kappa shape index (κ3) is 5.13. The van der Waals surface area contributed by atoms with Crippen LogP contribution >= 0.6 is 0 Å². The van der Waals surface area contributed by atoms with Gasteiger partial charge in [-0.3, -0.25) is 4.79 Å². The number of pyridine rings is 1. The van der Waals surface area contributed by atoms with Gasteiger partial charge in [0.1, 0.15) is 11.6 Å². The molecule has 0 radical (unpaired) electrons. The van der Waals surface area contributed by atoms with E-state index in [0.29, 0.717) is 41.2 Å². The molecule has 31 heavy (non-hydrogen) atoms. The molecular formula is C22H26N8O. The van der Waals surface area contributed by atoms with Crippen molar-refractivity contribution in [3.05, 3.63) is 60.0 Å². The van der Waals surface area contributed by atoms with Gasteiger partial charge in [0, 0.05) is 44.5 Å². The first-order valence-electron chi connectivity index (χ1n) is 10.4. The zero-order valence-electron chi connectivity index (χ0n) is 17.7. The molecule has 1 aromatic carbocycles. The highest BCUT2D eigenvalue weighted by atomic mass is 16.1. The standard InChI is InChI=1S/C22H26N8O/c1-3-18-25-21(28-22(26-18)30-14-12-29(2)13-15-30)27-19-17(10-7-11-23-19)20(31)24-16-8-5-4-6-9-16/h4-11H,3,12-15H2,1-2H3,(H,24,31)(H,23,25,26,27,28). The zero-order chi connectivity index (χ0) is 21.6. The molecule has 4 rings (SSSR count). The van der Waals surface area contributed by atoms with Crippen LogP contribution in [0, 0.1) is 0 Å². The Morgan fingerprint density at radius 2 is 1.77 bits per heavy atom. The molecule has 1 aliphatic rings. The van der Waals surface area contributed by atoms with Gasteiger partial charge < -0.3 is 20.4 Å². The second-order valence-electron chi connectivity index (χ2n) is 7.36. The summed E-state index contributed by atoms with van der Waals surface area (Å²) >= 11 is 0. The number of benzene rings is 1. The van der Waals surface area contributed by atoms with Gasteiger partial charge in [-0.15, -0.1) is 0 Å². The minimum absolute atomic E-state index is 0.258. The molecule has 9 heteroatoms. The summed E-state index contributed by atoms with van der Waals surface area (Å²) in [6.45, 7) is 5.64. The Hall–Kier alpha value is -3.59. The summed E-state index contributed by atoms with van der Waals surface area (Å²) in [5, 5.41) is 6.02. The maximum atomic E-state index is 12.8. The molecule has 2 aromatic heterocycles. The van der Waals surface area contributed by atoms with Crippen molar-refractivity contribution in [1.29, 1.82) is 0 Å². The summed E-state index contributed by atoms with van der Waals surface area (Å²) in [6.07, 6.45) is 2.31. The second kappa shape index (κ2) is 9.48. The number of aromatic nitrogens is 4. The van der Waals surface area contributed by atoms with Gasteiger partial charge in [-0.2, -0.15) is 15.0 Å². The molecule has 0 bridgehead atoms. The van der Waals surface area contributed by atoms with Crippen LogP contribution in [-0.2, 0) is 6.42 Å². The van der Waals surface area contributed by atoms with Crippen molar-refractivity contribution >= 4 is 29.3 Å². The molecule has 1 aliphatic heterocycles. The minimum atomic E-state index is -0.258. The number of amides is 1. The normalized spacial score (nSPS) is 14.3.